The lowest BCUT2D eigenvalue weighted by Crippen LogP contribution is -2.44. The van der Waals surface area contributed by atoms with E-state index in [0.717, 1.165) is 46.8 Å². The largest absolute Gasteiger partial charge is 0.425 e. The van der Waals surface area contributed by atoms with E-state index in [-0.39, 0.29) is 11.4 Å². The van der Waals surface area contributed by atoms with Gasteiger partial charge in [0.25, 0.3) is 0 Å². The van der Waals surface area contributed by atoms with Crippen molar-refractivity contribution in [3.63, 3.8) is 0 Å². The van der Waals surface area contributed by atoms with E-state index < -0.39 is 0 Å². The van der Waals surface area contributed by atoms with Crippen LogP contribution in [0.4, 0.5) is 0 Å². The molecule has 2 aromatic rings. The molecule has 0 aromatic heterocycles. The summed E-state index contributed by atoms with van der Waals surface area (Å²) in [4.78, 5) is 11.6. The molecule has 0 N–H and O–H groups in total. The highest BCUT2D eigenvalue weighted by atomic mass is 79.9. The summed E-state index contributed by atoms with van der Waals surface area (Å²) in [6.07, 6.45) is 11.4. The number of esters is 1. The van der Waals surface area contributed by atoms with Crippen molar-refractivity contribution in [1.82, 2.24) is 0 Å². The molecule has 0 amide bonds. The molecular weight excluding hydrogens is 500 g/mol. The first-order valence-electron chi connectivity index (χ1n) is 12.8. The summed E-state index contributed by atoms with van der Waals surface area (Å²) in [6.45, 7) is 4.05. The predicted octanol–water partition coefficient (Wildman–Crippen LogP) is 7.69. The van der Waals surface area contributed by atoms with Crippen molar-refractivity contribution in [2.24, 2.45) is 5.41 Å². The van der Waals surface area contributed by atoms with Crippen LogP contribution in [-0.4, -0.2) is 5.97 Å². The zero-order chi connectivity index (χ0) is 25.1. The van der Waals surface area contributed by atoms with Crippen molar-refractivity contribution in [2.75, 3.05) is 0 Å². The number of ether oxygens (including phenoxy) is 1. The summed E-state index contributed by atoms with van der Waals surface area (Å²) >= 11 is 3.49. The topological polar surface area (TPSA) is 73.9 Å². The van der Waals surface area contributed by atoms with Gasteiger partial charge in [0.1, 0.15) is 17.9 Å². The molecule has 0 spiro atoms. The molecule has 0 saturated heterocycles. The molecule has 3 saturated carbocycles. The van der Waals surface area contributed by atoms with Gasteiger partial charge in [-0.1, -0.05) is 38.5 Å². The van der Waals surface area contributed by atoms with Gasteiger partial charge in [0.05, 0.1) is 15.6 Å². The first kappa shape index (κ1) is 25.5. The second-order valence-electron chi connectivity index (χ2n) is 10.4. The average molecular weight is 534 g/mol. The van der Waals surface area contributed by atoms with E-state index in [1.54, 1.807) is 13.0 Å². The third-order valence-electron chi connectivity index (χ3n) is 8.46. The molecule has 5 rings (SSSR count). The molecule has 0 aliphatic heterocycles. The van der Waals surface area contributed by atoms with Crippen LogP contribution >= 0.6 is 15.9 Å². The van der Waals surface area contributed by atoms with E-state index in [9.17, 15) is 15.3 Å². The van der Waals surface area contributed by atoms with Crippen molar-refractivity contribution in [3.05, 3.63) is 62.6 Å². The monoisotopic (exact) mass is 532 g/mol. The molecular formula is C30H33BrN2O2. The van der Waals surface area contributed by atoms with E-state index in [1.165, 1.54) is 32.1 Å². The fourth-order valence-electron chi connectivity index (χ4n) is 6.37. The molecule has 5 heteroatoms. The molecule has 3 aliphatic carbocycles. The number of hydrogen-bond donors (Lipinski definition) is 0. The van der Waals surface area contributed by atoms with Crippen molar-refractivity contribution in [2.45, 2.75) is 89.9 Å². The van der Waals surface area contributed by atoms with E-state index in [4.69, 9.17) is 4.74 Å². The highest BCUT2D eigenvalue weighted by molar-refractivity contribution is 9.10. The lowest BCUT2D eigenvalue weighted by atomic mass is 9.50. The number of halogens is 1. The van der Waals surface area contributed by atoms with E-state index in [1.807, 2.05) is 12.1 Å². The molecule has 3 aliphatic rings. The Morgan fingerprint density at radius 2 is 1.66 bits per heavy atom. The van der Waals surface area contributed by atoms with Gasteiger partial charge in [-0.2, -0.15) is 10.5 Å². The van der Waals surface area contributed by atoms with Crippen molar-refractivity contribution < 1.29 is 9.53 Å². The predicted molar refractivity (Wildman–Crippen MR) is 140 cm³/mol. The minimum Gasteiger partial charge on any atom is -0.425 e. The van der Waals surface area contributed by atoms with Crippen LogP contribution in [0, 0.1) is 28.1 Å². The second kappa shape index (κ2) is 10.5. The highest BCUT2D eigenvalue weighted by Gasteiger charge is 2.49. The van der Waals surface area contributed by atoms with Crippen molar-refractivity contribution in [1.29, 1.82) is 10.5 Å². The van der Waals surface area contributed by atoms with Crippen LogP contribution in [0.2, 0.25) is 0 Å². The molecule has 2 bridgehead atoms. The van der Waals surface area contributed by atoms with Gasteiger partial charge in [-0.25, -0.2) is 0 Å². The van der Waals surface area contributed by atoms with Crippen LogP contribution in [0.5, 0.6) is 5.75 Å². The maximum atomic E-state index is 11.6. The Morgan fingerprint density at radius 3 is 2.23 bits per heavy atom. The van der Waals surface area contributed by atoms with Crippen LogP contribution < -0.4 is 4.74 Å². The van der Waals surface area contributed by atoms with Gasteiger partial charge < -0.3 is 4.74 Å². The number of benzene rings is 2. The van der Waals surface area contributed by atoms with E-state index in [2.05, 4.69) is 47.1 Å². The standard InChI is InChI=1S/C30H33BrN2O2/c1-3-11-29-12-15-30(16-13-29,17-14-29)25-9-8-22(23(19-32)24(25)20-33)7-5-21-6-10-27(26(31)18-21)35-28(34)4-2/h6,8-10,18H,3-5,7,11-17H2,1-2H3. The van der Waals surface area contributed by atoms with Gasteiger partial charge in [0, 0.05) is 6.42 Å². The maximum Gasteiger partial charge on any atom is 0.310 e. The zero-order valence-corrected chi connectivity index (χ0v) is 22.3. The van der Waals surface area contributed by atoms with Crippen LogP contribution in [0.25, 0.3) is 0 Å². The van der Waals surface area contributed by atoms with Crippen molar-refractivity contribution >= 4 is 21.9 Å². The third-order valence-corrected chi connectivity index (χ3v) is 9.08. The Kier molecular flexibility index (Phi) is 7.67. The third kappa shape index (κ3) is 5.03. The minimum absolute atomic E-state index is 0.0568. The number of rotatable bonds is 8. The number of carbonyl (C=O) groups is 1. The normalized spacial score (nSPS) is 22.9. The molecule has 0 radical (unpaired) electrons. The van der Waals surface area contributed by atoms with Gasteiger partial charge >= 0.3 is 5.97 Å². The summed E-state index contributed by atoms with van der Waals surface area (Å²) in [5.74, 6) is 0.240. The van der Waals surface area contributed by atoms with Crippen LogP contribution in [0.3, 0.4) is 0 Å². The van der Waals surface area contributed by atoms with Crippen LogP contribution in [0.15, 0.2) is 34.8 Å². The lowest BCUT2D eigenvalue weighted by Gasteiger charge is -2.54. The van der Waals surface area contributed by atoms with E-state index >= 15 is 0 Å². The SMILES string of the molecule is CCCC12CCC(c3ccc(CCc4ccc(OC(=O)CC)c(Br)c4)c(C#N)c3C#N)(CC1)CC2. The Balaban J connectivity index is 1.54. The molecule has 0 unspecified atom stereocenters. The molecule has 3 fully saturated rings. The molecule has 4 nitrogen and oxygen atoms in total. The van der Waals surface area contributed by atoms with Gasteiger partial charge in [0.15, 0.2) is 0 Å². The quantitative estimate of drug-likeness (QED) is 0.258. The number of nitrogens with zero attached hydrogens (tertiary/aromatic N) is 2. The van der Waals surface area contributed by atoms with E-state index in [0.29, 0.717) is 35.1 Å². The number of carbonyl (C=O) groups excluding carboxylic acids is 1. The highest BCUT2D eigenvalue weighted by Crippen LogP contribution is 2.60. The fourth-order valence-corrected chi connectivity index (χ4v) is 6.88. The molecule has 0 atom stereocenters. The van der Waals surface area contributed by atoms with Gasteiger partial charge in [0.2, 0.25) is 0 Å². The fraction of sp³-hybridized carbons (Fsp3) is 0.500. The summed E-state index contributed by atoms with van der Waals surface area (Å²) in [5.41, 5.74) is 4.82. The summed E-state index contributed by atoms with van der Waals surface area (Å²) < 4.78 is 6.06. The Morgan fingerprint density at radius 1 is 0.971 bits per heavy atom. The molecule has 182 valence electrons. The van der Waals surface area contributed by atoms with Crippen molar-refractivity contribution in [3.8, 4) is 17.9 Å². The summed E-state index contributed by atoms with van der Waals surface area (Å²) in [6, 6.07) is 14.7. The average Bonchev–Trinajstić information content (AvgIpc) is 2.89. The Labute approximate surface area is 217 Å². The van der Waals surface area contributed by atoms with Crippen LogP contribution in [0.1, 0.15) is 99.5 Å². The number of fused-ring (bicyclic) bond motifs is 3. The summed E-state index contributed by atoms with van der Waals surface area (Å²) in [7, 11) is 0. The van der Waals surface area contributed by atoms with Gasteiger partial charge in [-0.05, 0) is 113 Å². The molecule has 2 aromatic carbocycles. The Hall–Kier alpha value is -2.63. The number of nitriles is 2. The maximum absolute atomic E-state index is 11.6. The lowest BCUT2D eigenvalue weighted by molar-refractivity contribution is -0.134. The zero-order valence-electron chi connectivity index (χ0n) is 20.8. The molecule has 0 heterocycles. The summed E-state index contributed by atoms with van der Waals surface area (Å²) in [5, 5.41) is 20.2. The second-order valence-corrected chi connectivity index (χ2v) is 11.2. The number of hydrogen-bond acceptors (Lipinski definition) is 4. The van der Waals surface area contributed by atoms with Gasteiger partial charge in [-0.15, -0.1) is 0 Å². The Bertz CT molecular complexity index is 1180. The smallest absolute Gasteiger partial charge is 0.310 e. The first-order chi connectivity index (χ1) is 16.9. The minimum atomic E-state index is -0.271. The number of aryl methyl sites for hydroxylation is 2. The van der Waals surface area contributed by atoms with Gasteiger partial charge in [-0.3, -0.25) is 4.79 Å². The first-order valence-corrected chi connectivity index (χ1v) is 13.6. The molecule has 35 heavy (non-hydrogen) atoms. The van der Waals surface area contributed by atoms with Crippen LogP contribution in [-0.2, 0) is 23.1 Å².